The number of aliphatic hydroxyl groups excluding tert-OH is 1. The smallest absolute Gasteiger partial charge is 0.408 e. The molecule has 0 bridgehead atoms. The molecule has 3 aliphatic rings. The van der Waals surface area contributed by atoms with Crippen LogP contribution in [0.1, 0.15) is 127 Å². The van der Waals surface area contributed by atoms with Gasteiger partial charge in [-0.3, -0.25) is 38.5 Å². The average Bonchev–Trinajstić information content (AvgIpc) is 4.08. The van der Waals surface area contributed by atoms with Crippen LogP contribution in [0.15, 0.2) is 72.2 Å². The van der Waals surface area contributed by atoms with Gasteiger partial charge in [-0.25, -0.2) is 9.78 Å². The SMILES string of the molecule is Cc1ncsc1-c1ccc([C@H](C)NC(=O)[C@@H]2C[C@@H](O)CN2C(=O)[C@@H](NC(=O)CCCCc2cccc(NC(=O)[C@H](CCC(N)=O)NC(=O)[C@@H]3Cc4cccc5c4N3C(=O)[C@@H](NC(=O)OC(C)(C)C)CC5)c2)C(C)(C)C)cc1. The highest BCUT2D eigenvalue weighted by Gasteiger charge is 2.46. The molecular formula is C57H73N9O10S. The Bertz CT molecular complexity index is 2860. The Labute approximate surface area is 453 Å². The lowest BCUT2D eigenvalue weighted by atomic mass is 9.85. The number of carbonyl (C=O) groups excluding carboxylic acids is 8. The standard InChI is InChI=1S/C57H73N9O10S/c1-32(35-19-21-37(22-20-35)48-33(2)59-31-77-48)60-51(71)43-29-40(67)30-65(43)54(74)49(56(3,4)5)64-46(69)18-10-9-13-34-14-11-17-39(27-34)61-50(70)41(25-26-45(58)68)62-52(72)44-28-38-16-12-15-36-23-24-42(53(73)66(44)47(36)38)63-55(75)76-57(6,7)8/h11-12,14-17,19-22,27,31-32,40-44,49,67H,9-10,13,18,23-26,28-30H2,1-8H3,(H2,58,68)(H,60,71)(H,61,70)(H,62,72)(H,63,75)(H,64,69)/t32-,40+,41-,42-,43-,44-,49+/m0/s1. The minimum absolute atomic E-state index is 0.0471. The summed E-state index contributed by atoms with van der Waals surface area (Å²) in [5.74, 6) is -3.56. The molecule has 7 atom stereocenters. The average molecular weight is 1080 g/mol. The summed E-state index contributed by atoms with van der Waals surface area (Å²) in [5, 5.41) is 25.0. The number of rotatable bonds is 19. The third-order valence-corrected chi connectivity index (χ3v) is 15.1. The van der Waals surface area contributed by atoms with Crippen LogP contribution in [0, 0.1) is 12.3 Å². The number of anilines is 2. The van der Waals surface area contributed by atoms with E-state index in [1.807, 2.05) is 83.1 Å². The zero-order valence-electron chi connectivity index (χ0n) is 45.2. The van der Waals surface area contributed by atoms with Crippen molar-refractivity contribution in [1.82, 2.24) is 31.2 Å². The van der Waals surface area contributed by atoms with Crippen LogP contribution in [-0.2, 0) is 57.6 Å². The molecule has 4 heterocycles. The summed E-state index contributed by atoms with van der Waals surface area (Å²) in [4.78, 5) is 117. The van der Waals surface area contributed by atoms with E-state index in [0.717, 1.165) is 38.4 Å². The molecule has 1 fully saturated rings. The number of aryl methyl sites for hydroxylation is 3. The number of hydrogen-bond donors (Lipinski definition) is 7. The number of unbranched alkanes of at least 4 members (excludes halogenated alkanes) is 1. The second kappa shape index (κ2) is 24.4. The van der Waals surface area contributed by atoms with Crippen LogP contribution in [-0.4, -0.2) is 111 Å². The number of β-amino-alcohol motifs (C(OH)–C–C–N with tert-alkyl or cyclic N) is 1. The molecule has 7 rings (SSSR count). The van der Waals surface area contributed by atoms with E-state index in [4.69, 9.17) is 10.5 Å². The van der Waals surface area contributed by atoms with E-state index < -0.39 is 88.9 Å². The second-order valence-electron chi connectivity index (χ2n) is 22.4. The van der Waals surface area contributed by atoms with E-state index in [0.29, 0.717) is 37.1 Å². The van der Waals surface area contributed by atoms with Gasteiger partial charge >= 0.3 is 6.09 Å². The minimum Gasteiger partial charge on any atom is -0.444 e. The van der Waals surface area contributed by atoms with E-state index in [1.54, 1.807) is 55.8 Å². The molecule has 4 aromatic rings. The summed E-state index contributed by atoms with van der Waals surface area (Å²) < 4.78 is 5.43. The van der Waals surface area contributed by atoms with Gasteiger partial charge in [-0.1, -0.05) is 75.4 Å². The highest BCUT2D eigenvalue weighted by atomic mass is 32.1. The largest absolute Gasteiger partial charge is 0.444 e. The van der Waals surface area contributed by atoms with E-state index in [-0.39, 0.29) is 57.0 Å². The third kappa shape index (κ3) is 14.6. The van der Waals surface area contributed by atoms with Gasteiger partial charge in [-0.05, 0) is 119 Å². The Hall–Kier alpha value is -7.19. The number of aliphatic hydroxyl groups is 1. The van der Waals surface area contributed by atoms with Crippen molar-refractivity contribution < 1.29 is 48.2 Å². The number of ether oxygens (including phenoxy) is 1. The Morgan fingerprint density at radius 1 is 0.883 bits per heavy atom. The summed E-state index contributed by atoms with van der Waals surface area (Å²) in [7, 11) is 0. The predicted octanol–water partition coefficient (Wildman–Crippen LogP) is 5.69. The molecule has 19 nitrogen and oxygen atoms in total. The first-order valence-corrected chi connectivity index (χ1v) is 27.2. The van der Waals surface area contributed by atoms with Gasteiger partial charge in [0.05, 0.1) is 33.9 Å². The zero-order valence-corrected chi connectivity index (χ0v) is 46.0. The number of alkyl carbamates (subject to hydrolysis) is 1. The molecule has 0 saturated carbocycles. The molecule has 412 valence electrons. The molecule has 0 unspecified atom stereocenters. The lowest BCUT2D eigenvalue weighted by molar-refractivity contribution is -0.144. The number of nitrogens with zero attached hydrogens (tertiary/aromatic N) is 3. The monoisotopic (exact) mass is 1080 g/mol. The lowest BCUT2D eigenvalue weighted by Gasteiger charge is -2.35. The summed E-state index contributed by atoms with van der Waals surface area (Å²) in [6, 6.07) is 15.0. The van der Waals surface area contributed by atoms with Crippen LogP contribution in [0.4, 0.5) is 16.2 Å². The van der Waals surface area contributed by atoms with Gasteiger partial charge in [0.2, 0.25) is 41.4 Å². The number of thiazole rings is 1. The highest BCUT2D eigenvalue weighted by molar-refractivity contribution is 7.13. The Balaban J connectivity index is 0.922. The van der Waals surface area contributed by atoms with Crippen LogP contribution in [0.3, 0.4) is 0 Å². The molecule has 8 amide bonds. The maximum atomic E-state index is 14.3. The fraction of sp³-hybridized carbons (Fsp3) is 0.491. The van der Waals surface area contributed by atoms with Gasteiger partial charge in [0.25, 0.3) is 0 Å². The quantitative estimate of drug-likeness (QED) is 0.0561. The van der Waals surface area contributed by atoms with E-state index in [1.165, 1.54) is 9.80 Å². The number of para-hydroxylation sites is 1. The van der Waals surface area contributed by atoms with E-state index in [9.17, 15) is 43.5 Å². The van der Waals surface area contributed by atoms with Gasteiger partial charge in [0.1, 0.15) is 35.8 Å². The van der Waals surface area contributed by atoms with Crippen molar-refractivity contribution in [3.63, 3.8) is 0 Å². The Morgan fingerprint density at radius 2 is 1.58 bits per heavy atom. The first-order valence-electron chi connectivity index (χ1n) is 26.4. The number of nitrogens with one attached hydrogen (secondary N) is 5. The molecule has 1 aromatic heterocycles. The molecule has 0 aliphatic carbocycles. The molecule has 8 N–H and O–H groups in total. The lowest BCUT2D eigenvalue weighted by Crippen LogP contribution is -2.57. The first kappa shape index (κ1) is 57.5. The van der Waals surface area contributed by atoms with Crippen molar-refractivity contribution in [2.75, 3.05) is 16.8 Å². The van der Waals surface area contributed by atoms with Crippen molar-refractivity contribution in [1.29, 1.82) is 0 Å². The van der Waals surface area contributed by atoms with Crippen molar-refractivity contribution in [3.05, 3.63) is 100 Å². The fourth-order valence-electron chi connectivity index (χ4n) is 10.1. The van der Waals surface area contributed by atoms with Crippen molar-refractivity contribution in [3.8, 4) is 10.4 Å². The van der Waals surface area contributed by atoms with Gasteiger partial charge < -0.3 is 47.1 Å². The topological polar surface area (TPSA) is 272 Å². The summed E-state index contributed by atoms with van der Waals surface area (Å²) in [5.41, 5.74) is 12.1. The number of nitrogens with two attached hydrogens (primary N) is 1. The van der Waals surface area contributed by atoms with Gasteiger partial charge in [0.15, 0.2) is 0 Å². The van der Waals surface area contributed by atoms with Gasteiger partial charge in [0, 0.05) is 37.9 Å². The number of hydrogen-bond acceptors (Lipinski definition) is 12. The van der Waals surface area contributed by atoms with Crippen LogP contribution in [0.25, 0.3) is 10.4 Å². The molecule has 3 aliphatic heterocycles. The number of primary amides is 1. The van der Waals surface area contributed by atoms with Crippen LogP contribution in [0.5, 0.6) is 0 Å². The van der Waals surface area contributed by atoms with E-state index >= 15 is 0 Å². The molecule has 20 heteroatoms. The van der Waals surface area contributed by atoms with Crippen LogP contribution in [0.2, 0.25) is 0 Å². The maximum absolute atomic E-state index is 14.3. The molecule has 3 aromatic carbocycles. The van der Waals surface area contributed by atoms with Crippen molar-refractivity contribution >= 4 is 70.2 Å². The first-order chi connectivity index (χ1) is 36.4. The third-order valence-electron chi connectivity index (χ3n) is 14.1. The molecule has 0 radical (unpaired) electrons. The highest BCUT2D eigenvalue weighted by Crippen LogP contribution is 2.39. The number of aromatic nitrogens is 1. The predicted molar refractivity (Wildman–Crippen MR) is 292 cm³/mol. The Morgan fingerprint density at radius 3 is 2.26 bits per heavy atom. The van der Waals surface area contributed by atoms with Gasteiger partial charge in [-0.15, -0.1) is 11.3 Å². The minimum atomic E-state index is -1.21. The van der Waals surface area contributed by atoms with Gasteiger partial charge in [-0.2, -0.15) is 0 Å². The molecule has 1 saturated heterocycles. The summed E-state index contributed by atoms with van der Waals surface area (Å²) >= 11 is 1.56. The number of benzene rings is 3. The van der Waals surface area contributed by atoms with Crippen molar-refractivity contribution in [2.24, 2.45) is 11.1 Å². The molecule has 77 heavy (non-hydrogen) atoms. The number of amides is 8. The van der Waals surface area contributed by atoms with Crippen LogP contribution < -0.4 is 37.2 Å². The molecule has 0 spiro atoms. The summed E-state index contributed by atoms with van der Waals surface area (Å²) in [6.45, 7) is 14.4. The van der Waals surface area contributed by atoms with E-state index in [2.05, 4.69) is 31.6 Å². The summed E-state index contributed by atoms with van der Waals surface area (Å²) in [6.07, 6.45) is 0.669. The number of likely N-dealkylation sites (tertiary alicyclic amines) is 1. The second-order valence-corrected chi connectivity index (χ2v) is 23.3. The number of carbonyl (C=O) groups is 8. The normalized spacial score (nSPS) is 19.3. The Kier molecular flexibility index (Phi) is 18.2. The zero-order chi connectivity index (χ0) is 55.9. The maximum Gasteiger partial charge on any atom is 0.408 e. The van der Waals surface area contributed by atoms with Crippen molar-refractivity contribution in [2.45, 2.75) is 168 Å². The fourth-order valence-corrected chi connectivity index (χ4v) is 11.0. The van der Waals surface area contributed by atoms with Crippen LogP contribution >= 0.6 is 11.3 Å². The molecular weight excluding hydrogens is 1000 g/mol.